The SMILES string of the molecule is CC(C)(C)OC(=O)Nc1ccc(C(=O)CC(=O)c2ccc(Br)cc2)cc1. The number of carbonyl (C=O) groups excluding carboxylic acids is 3. The van der Waals surface area contributed by atoms with Crippen molar-refractivity contribution in [1.29, 1.82) is 0 Å². The molecule has 2 rings (SSSR count). The first-order valence-electron chi connectivity index (χ1n) is 8.06. The molecule has 0 aliphatic rings. The van der Waals surface area contributed by atoms with Crippen LogP contribution < -0.4 is 5.32 Å². The van der Waals surface area contributed by atoms with E-state index in [1.165, 1.54) is 0 Å². The molecule has 5 nitrogen and oxygen atoms in total. The zero-order chi connectivity index (χ0) is 19.3. The van der Waals surface area contributed by atoms with Gasteiger partial charge in [0.2, 0.25) is 0 Å². The Morgan fingerprint density at radius 3 is 1.81 bits per heavy atom. The van der Waals surface area contributed by atoms with Gasteiger partial charge < -0.3 is 4.74 Å². The van der Waals surface area contributed by atoms with Crippen LogP contribution in [0, 0.1) is 0 Å². The second-order valence-electron chi connectivity index (χ2n) is 6.73. The van der Waals surface area contributed by atoms with Gasteiger partial charge in [-0.05, 0) is 57.2 Å². The van der Waals surface area contributed by atoms with Gasteiger partial charge in [-0.3, -0.25) is 14.9 Å². The Labute approximate surface area is 160 Å². The maximum Gasteiger partial charge on any atom is 0.412 e. The van der Waals surface area contributed by atoms with E-state index in [1.54, 1.807) is 69.3 Å². The van der Waals surface area contributed by atoms with Crippen molar-refractivity contribution in [2.24, 2.45) is 0 Å². The van der Waals surface area contributed by atoms with E-state index >= 15 is 0 Å². The van der Waals surface area contributed by atoms with E-state index in [0.717, 1.165) is 4.47 Å². The number of nitrogens with one attached hydrogen (secondary N) is 1. The van der Waals surface area contributed by atoms with Crippen LogP contribution in [0.25, 0.3) is 0 Å². The highest BCUT2D eigenvalue weighted by atomic mass is 79.9. The summed E-state index contributed by atoms with van der Waals surface area (Å²) in [6, 6.07) is 13.2. The summed E-state index contributed by atoms with van der Waals surface area (Å²) in [7, 11) is 0. The number of hydrogen-bond donors (Lipinski definition) is 1. The number of rotatable bonds is 5. The van der Waals surface area contributed by atoms with E-state index < -0.39 is 11.7 Å². The molecule has 0 aliphatic carbocycles. The fourth-order valence-corrected chi connectivity index (χ4v) is 2.41. The lowest BCUT2D eigenvalue weighted by atomic mass is 10.0. The minimum absolute atomic E-state index is 0.208. The number of ketones is 2. The largest absolute Gasteiger partial charge is 0.444 e. The summed E-state index contributed by atoms with van der Waals surface area (Å²) in [5.74, 6) is -0.514. The van der Waals surface area contributed by atoms with Gasteiger partial charge in [-0.1, -0.05) is 28.1 Å². The molecule has 0 atom stereocenters. The Hall–Kier alpha value is -2.47. The molecular formula is C20H20BrNO4. The van der Waals surface area contributed by atoms with Gasteiger partial charge in [0.1, 0.15) is 5.60 Å². The molecule has 0 heterocycles. The predicted molar refractivity (Wildman–Crippen MR) is 104 cm³/mol. The van der Waals surface area contributed by atoms with Crippen molar-refractivity contribution in [2.75, 3.05) is 5.32 Å². The summed E-state index contributed by atoms with van der Waals surface area (Å²) in [5, 5.41) is 2.59. The van der Waals surface area contributed by atoms with Crippen LogP contribution in [-0.2, 0) is 4.74 Å². The molecule has 2 aromatic rings. The molecular weight excluding hydrogens is 398 g/mol. The van der Waals surface area contributed by atoms with Crippen LogP contribution in [0.1, 0.15) is 47.9 Å². The quantitative estimate of drug-likeness (QED) is 0.532. The zero-order valence-electron chi connectivity index (χ0n) is 14.8. The van der Waals surface area contributed by atoms with Crippen molar-refractivity contribution >= 4 is 39.3 Å². The molecule has 0 aromatic heterocycles. The monoisotopic (exact) mass is 417 g/mol. The number of benzene rings is 2. The van der Waals surface area contributed by atoms with Gasteiger partial charge in [-0.2, -0.15) is 0 Å². The van der Waals surface area contributed by atoms with Gasteiger partial charge in [0.05, 0.1) is 6.42 Å². The molecule has 0 bridgehead atoms. The summed E-state index contributed by atoms with van der Waals surface area (Å²) in [4.78, 5) is 36.2. The Balaban J connectivity index is 1.97. The lowest BCUT2D eigenvalue weighted by molar-refractivity contribution is 0.0635. The van der Waals surface area contributed by atoms with Gasteiger partial charge in [0.25, 0.3) is 0 Å². The number of carbonyl (C=O) groups is 3. The van der Waals surface area contributed by atoms with E-state index in [0.29, 0.717) is 16.8 Å². The molecule has 1 amide bonds. The summed E-state index contributed by atoms with van der Waals surface area (Å²) < 4.78 is 6.03. The zero-order valence-corrected chi connectivity index (χ0v) is 16.4. The molecule has 1 N–H and O–H groups in total. The number of ether oxygens (including phenoxy) is 1. The molecule has 6 heteroatoms. The smallest absolute Gasteiger partial charge is 0.412 e. The van der Waals surface area contributed by atoms with Gasteiger partial charge in [0, 0.05) is 21.3 Å². The van der Waals surface area contributed by atoms with Crippen molar-refractivity contribution in [1.82, 2.24) is 0 Å². The van der Waals surface area contributed by atoms with Crippen LogP contribution in [0.2, 0.25) is 0 Å². The van der Waals surface area contributed by atoms with Crippen LogP contribution >= 0.6 is 15.9 Å². The third-order valence-electron chi connectivity index (χ3n) is 3.34. The summed E-state index contributed by atoms with van der Waals surface area (Å²) in [6.45, 7) is 5.32. The maximum atomic E-state index is 12.3. The molecule has 0 saturated carbocycles. The first kappa shape index (κ1) is 19.8. The van der Waals surface area contributed by atoms with Crippen molar-refractivity contribution < 1.29 is 19.1 Å². The second kappa shape index (κ2) is 8.27. The van der Waals surface area contributed by atoms with E-state index in [4.69, 9.17) is 4.74 Å². The molecule has 136 valence electrons. The van der Waals surface area contributed by atoms with Crippen LogP contribution in [-0.4, -0.2) is 23.3 Å². The van der Waals surface area contributed by atoms with Crippen LogP contribution in [0.4, 0.5) is 10.5 Å². The Morgan fingerprint density at radius 2 is 1.35 bits per heavy atom. The fraction of sp³-hybridized carbons (Fsp3) is 0.250. The maximum absolute atomic E-state index is 12.3. The van der Waals surface area contributed by atoms with Crippen LogP contribution in [0.15, 0.2) is 53.0 Å². The minimum atomic E-state index is -0.590. The van der Waals surface area contributed by atoms with E-state index in [1.807, 2.05) is 0 Å². The second-order valence-corrected chi connectivity index (χ2v) is 7.65. The molecule has 2 aromatic carbocycles. The summed E-state index contributed by atoms with van der Waals surface area (Å²) >= 11 is 3.30. The topological polar surface area (TPSA) is 72.5 Å². The van der Waals surface area contributed by atoms with E-state index in [9.17, 15) is 14.4 Å². The standard InChI is InChI=1S/C20H20BrNO4/c1-20(2,3)26-19(25)22-16-10-6-14(7-11-16)18(24)12-17(23)13-4-8-15(21)9-5-13/h4-11H,12H2,1-3H3,(H,22,25). The Kier molecular flexibility index (Phi) is 6.32. The lowest BCUT2D eigenvalue weighted by Crippen LogP contribution is -2.27. The first-order chi connectivity index (χ1) is 12.1. The summed E-state index contributed by atoms with van der Waals surface area (Å²) in [6.07, 6.45) is -0.775. The van der Waals surface area contributed by atoms with Gasteiger partial charge in [-0.25, -0.2) is 4.79 Å². The minimum Gasteiger partial charge on any atom is -0.444 e. The first-order valence-corrected chi connectivity index (χ1v) is 8.85. The third kappa shape index (κ3) is 6.11. The number of halogens is 1. The average Bonchev–Trinajstić information content (AvgIpc) is 2.54. The van der Waals surface area contributed by atoms with E-state index in [-0.39, 0.29) is 18.0 Å². The molecule has 0 aliphatic heterocycles. The number of amides is 1. The van der Waals surface area contributed by atoms with Crippen LogP contribution in [0.3, 0.4) is 0 Å². The van der Waals surface area contributed by atoms with Gasteiger partial charge in [0.15, 0.2) is 11.6 Å². The molecule has 0 radical (unpaired) electrons. The van der Waals surface area contributed by atoms with Gasteiger partial charge >= 0.3 is 6.09 Å². The third-order valence-corrected chi connectivity index (χ3v) is 3.87. The highest BCUT2D eigenvalue weighted by molar-refractivity contribution is 9.10. The number of Topliss-reactive ketones (excluding diaryl/α,β-unsaturated/α-hetero) is 2. The van der Waals surface area contributed by atoms with Crippen molar-refractivity contribution in [3.63, 3.8) is 0 Å². The van der Waals surface area contributed by atoms with Gasteiger partial charge in [-0.15, -0.1) is 0 Å². The highest BCUT2D eigenvalue weighted by Gasteiger charge is 2.17. The fourth-order valence-electron chi connectivity index (χ4n) is 2.15. The molecule has 26 heavy (non-hydrogen) atoms. The Morgan fingerprint density at radius 1 is 0.885 bits per heavy atom. The van der Waals surface area contributed by atoms with Crippen molar-refractivity contribution in [3.8, 4) is 0 Å². The van der Waals surface area contributed by atoms with E-state index in [2.05, 4.69) is 21.2 Å². The predicted octanol–water partition coefficient (Wildman–Crippen LogP) is 5.25. The molecule has 0 saturated heterocycles. The van der Waals surface area contributed by atoms with Crippen molar-refractivity contribution in [2.45, 2.75) is 32.8 Å². The Bertz CT molecular complexity index is 805. The van der Waals surface area contributed by atoms with Crippen molar-refractivity contribution in [3.05, 3.63) is 64.1 Å². The molecule has 0 fully saturated rings. The average molecular weight is 418 g/mol. The summed E-state index contributed by atoms with van der Waals surface area (Å²) in [5.41, 5.74) is 0.818. The molecule has 0 unspecified atom stereocenters. The number of hydrogen-bond acceptors (Lipinski definition) is 4. The highest BCUT2D eigenvalue weighted by Crippen LogP contribution is 2.16. The lowest BCUT2D eigenvalue weighted by Gasteiger charge is -2.19. The van der Waals surface area contributed by atoms with Crippen LogP contribution in [0.5, 0.6) is 0 Å². The normalized spacial score (nSPS) is 10.9. The number of anilines is 1. The molecule has 0 spiro atoms.